The number of aryl methyl sites for hydroxylation is 2. The van der Waals surface area contributed by atoms with E-state index in [1.54, 1.807) is 11.7 Å². The summed E-state index contributed by atoms with van der Waals surface area (Å²) in [7, 11) is 3.72. The van der Waals surface area contributed by atoms with Crippen LogP contribution < -0.4 is 5.32 Å². The van der Waals surface area contributed by atoms with Crippen LogP contribution in [-0.2, 0) is 18.3 Å². The van der Waals surface area contributed by atoms with Gasteiger partial charge in [-0.2, -0.15) is 5.10 Å². The quantitative estimate of drug-likeness (QED) is 0.679. The van der Waals surface area contributed by atoms with Crippen molar-refractivity contribution in [1.82, 2.24) is 25.0 Å². The fourth-order valence-electron chi connectivity index (χ4n) is 2.85. The van der Waals surface area contributed by atoms with Gasteiger partial charge in [-0.15, -0.1) is 0 Å². The third kappa shape index (κ3) is 3.91. The number of nitrogens with zero attached hydrogens (tertiary/aromatic N) is 5. The maximum Gasteiger partial charge on any atom is 0.194 e. The highest BCUT2D eigenvalue weighted by Gasteiger charge is 2.25. The fourth-order valence-corrected chi connectivity index (χ4v) is 2.85. The highest BCUT2D eigenvalue weighted by Crippen LogP contribution is 2.21. The molecule has 1 fully saturated rings. The number of rotatable bonds is 3. The summed E-state index contributed by atoms with van der Waals surface area (Å²) in [6, 6.07) is 6.04. The number of pyridine rings is 1. The molecule has 0 radical (unpaired) electrons. The van der Waals surface area contributed by atoms with Crippen LogP contribution in [0.4, 0.5) is 0 Å². The van der Waals surface area contributed by atoms with Gasteiger partial charge in [-0.25, -0.2) is 0 Å². The molecule has 128 valence electrons. The Morgan fingerprint density at radius 2 is 2.33 bits per heavy atom. The van der Waals surface area contributed by atoms with E-state index in [2.05, 4.69) is 25.3 Å². The summed E-state index contributed by atoms with van der Waals surface area (Å²) < 4.78 is 7.69. The van der Waals surface area contributed by atoms with Gasteiger partial charge in [0.2, 0.25) is 0 Å². The van der Waals surface area contributed by atoms with Gasteiger partial charge >= 0.3 is 0 Å². The number of hydrogen-bond donors (Lipinski definition) is 1. The van der Waals surface area contributed by atoms with Crippen molar-refractivity contribution >= 4 is 5.96 Å². The molecule has 1 unspecified atom stereocenters. The van der Waals surface area contributed by atoms with Crippen molar-refractivity contribution in [3.8, 4) is 0 Å². The zero-order valence-electron chi connectivity index (χ0n) is 14.4. The number of guanidine groups is 1. The van der Waals surface area contributed by atoms with Crippen LogP contribution in [0.25, 0.3) is 0 Å². The largest absolute Gasteiger partial charge is 0.370 e. The van der Waals surface area contributed by atoms with E-state index >= 15 is 0 Å². The molecule has 3 rings (SSSR count). The van der Waals surface area contributed by atoms with E-state index in [9.17, 15) is 0 Å². The molecule has 0 spiro atoms. The number of aromatic nitrogens is 3. The monoisotopic (exact) mass is 328 g/mol. The summed E-state index contributed by atoms with van der Waals surface area (Å²) in [6.45, 7) is 4.90. The van der Waals surface area contributed by atoms with E-state index in [4.69, 9.17) is 4.74 Å². The summed E-state index contributed by atoms with van der Waals surface area (Å²) >= 11 is 0. The van der Waals surface area contributed by atoms with Crippen molar-refractivity contribution in [2.45, 2.75) is 19.6 Å². The highest BCUT2D eigenvalue weighted by molar-refractivity contribution is 5.80. The maximum absolute atomic E-state index is 5.89. The van der Waals surface area contributed by atoms with E-state index in [0.717, 1.165) is 36.0 Å². The topological polar surface area (TPSA) is 67.6 Å². The van der Waals surface area contributed by atoms with Crippen molar-refractivity contribution in [3.05, 3.63) is 47.5 Å². The van der Waals surface area contributed by atoms with Crippen molar-refractivity contribution in [2.75, 3.05) is 26.7 Å². The van der Waals surface area contributed by atoms with Gasteiger partial charge in [0, 0.05) is 38.1 Å². The lowest BCUT2D eigenvalue weighted by molar-refractivity contribution is -0.00805. The summed E-state index contributed by atoms with van der Waals surface area (Å²) in [5.74, 6) is 0.871. The first-order valence-corrected chi connectivity index (χ1v) is 8.14. The van der Waals surface area contributed by atoms with Gasteiger partial charge in [-0.1, -0.05) is 6.07 Å². The van der Waals surface area contributed by atoms with Gasteiger partial charge in [0.25, 0.3) is 0 Å². The number of ether oxygens (including phenoxy) is 1. The van der Waals surface area contributed by atoms with Crippen LogP contribution >= 0.6 is 0 Å². The van der Waals surface area contributed by atoms with Crippen molar-refractivity contribution in [1.29, 1.82) is 0 Å². The minimum Gasteiger partial charge on any atom is -0.370 e. The Morgan fingerprint density at radius 1 is 1.46 bits per heavy atom. The van der Waals surface area contributed by atoms with Crippen LogP contribution in [0.15, 0.2) is 35.6 Å². The zero-order chi connectivity index (χ0) is 16.9. The molecule has 0 aromatic carbocycles. The minimum absolute atomic E-state index is 0.0168. The van der Waals surface area contributed by atoms with Gasteiger partial charge in [0.05, 0.1) is 31.6 Å². The van der Waals surface area contributed by atoms with Crippen LogP contribution in [0.1, 0.15) is 23.1 Å². The van der Waals surface area contributed by atoms with Crippen molar-refractivity contribution in [2.24, 2.45) is 12.0 Å². The molecule has 0 amide bonds. The zero-order valence-corrected chi connectivity index (χ0v) is 14.4. The Labute approximate surface area is 142 Å². The predicted molar refractivity (Wildman–Crippen MR) is 92.6 cm³/mol. The number of aliphatic imine (C=N–C) groups is 1. The second-order valence-electron chi connectivity index (χ2n) is 5.92. The Hall–Kier alpha value is -2.41. The van der Waals surface area contributed by atoms with Crippen LogP contribution in [0.3, 0.4) is 0 Å². The summed E-state index contributed by atoms with van der Waals surface area (Å²) in [5, 5.41) is 7.63. The lowest BCUT2D eigenvalue weighted by Gasteiger charge is -2.34. The molecule has 0 bridgehead atoms. The average molecular weight is 328 g/mol. The molecule has 2 aromatic rings. The molecule has 1 aliphatic heterocycles. The molecule has 1 atom stereocenters. The molecule has 24 heavy (non-hydrogen) atoms. The van der Waals surface area contributed by atoms with Crippen molar-refractivity contribution in [3.63, 3.8) is 0 Å². The second-order valence-corrected chi connectivity index (χ2v) is 5.92. The molecule has 7 nitrogen and oxygen atoms in total. The molecule has 0 aliphatic carbocycles. The maximum atomic E-state index is 5.89. The number of hydrogen-bond acceptors (Lipinski definition) is 4. The molecule has 0 saturated carbocycles. The van der Waals surface area contributed by atoms with Crippen LogP contribution in [0.2, 0.25) is 0 Å². The van der Waals surface area contributed by atoms with Crippen molar-refractivity contribution < 1.29 is 4.74 Å². The lowest BCUT2D eigenvalue weighted by Crippen LogP contribution is -2.48. The van der Waals surface area contributed by atoms with Gasteiger partial charge in [-0.05, 0) is 19.1 Å². The Bertz CT molecular complexity index is 711. The minimum atomic E-state index is 0.0168. The van der Waals surface area contributed by atoms with E-state index in [-0.39, 0.29) is 6.10 Å². The van der Waals surface area contributed by atoms with Crippen LogP contribution in [-0.4, -0.2) is 52.4 Å². The molecule has 1 aliphatic rings. The fraction of sp³-hybridized carbons (Fsp3) is 0.471. The van der Waals surface area contributed by atoms with E-state index < -0.39 is 0 Å². The summed E-state index contributed by atoms with van der Waals surface area (Å²) in [4.78, 5) is 11.1. The SMILES string of the molecule is CN=C(NCc1cccc(C)n1)N1CCOC(c2cnn(C)c2)C1. The van der Waals surface area contributed by atoms with E-state index in [1.807, 2.05) is 44.6 Å². The first kappa shape index (κ1) is 16.4. The number of nitrogens with one attached hydrogen (secondary N) is 1. The first-order valence-electron chi connectivity index (χ1n) is 8.14. The third-order valence-electron chi connectivity index (χ3n) is 4.05. The van der Waals surface area contributed by atoms with Gasteiger partial charge in [0.15, 0.2) is 5.96 Å². The highest BCUT2D eigenvalue weighted by atomic mass is 16.5. The lowest BCUT2D eigenvalue weighted by atomic mass is 10.1. The summed E-state index contributed by atoms with van der Waals surface area (Å²) in [6.07, 6.45) is 3.88. The van der Waals surface area contributed by atoms with E-state index in [0.29, 0.717) is 13.2 Å². The molecule has 1 saturated heterocycles. The normalized spacial score (nSPS) is 18.7. The van der Waals surface area contributed by atoms with Gasteiger partial charge in [0.1, 0.15) is 6.10 Å². The second kappa shape index (κ2) is 7.44. The van der Waals surface area contributed by atoms with Gasteiger partial charge < -0.3 is 15.0 Å². The van der Waals surface area contributed by atoms with E-state index in [1.165, 1.54) is 0 Å². The smallest absolute Gasteiger partial charge is 0.194 e. The molecule has 1 N–H and O–H groups in total. The third-order valence-corrected chi connectivity index (χ3v) is 4.05. The standard InChI is InChI=1S/C17H24N6O/c1-13-5-4-6-15(21-13)10-19-17(18-2)23-7-8-24-16(12-23)14-9-20-22(3)11-14/h4-6,9,11,16H,7-8,10,12H2,1-3H3,(H,18,19). The summed E-state index contributed by atoms with van der Waals surface area (Å²) in [5.41, 5.74) is 3.12. The number of morpholine rings is 1. The molecule has 3 heterocycles. The molecule has 7 heteroatoms. The van der Waals surface area contributed by atoms with Crippen LogP contribution in [0, 0.1) is 6.92 Å². The first-order chi connectivity index (χ1) is 11.7. The predicted octanol–water partition coefficient (Wildman–Crippen LogP) is 1.27. The van der Waals surface area contributed by atoms with Crippen LogP contribution in [0.5, 0.6) is 0 Å². The Morgan fingerprint density at radius 3 is 3.04 bits per heavy atom. The molecular formula is C17H24N6O. The Kier molecular flexibility index (Phi) is 5.10. The average Bonchev–Trinajstić information content (AvgIpc) is 3.02. The molecular weight excluding hydrogens is 304 g/mol. The van der Waals surface area contributed by atoms with Gasteiger partial charge in [-0.3, -0.25) is 14.7 Å². The molecule has 2 aromatic heterocycles. The Balaban J connectivity index is 1.62.